The van der Waals surface area contributed by atoms with E-state index >= 15 is 0 Å². The van der Waals surface area contributed by atoms with E-state index in [1.807, 2.05) is 0 Å². The molecule has 0 bridgehead atoms. The highest BCUT2D eigenvalue weighted by Gasteiger charge is 2.12. The van der Waals surface area contributed by atoms with E-state index in [-0.39, 0.29) is 5.38 Å². The lowest BCUT2D eigenvalue weighted by Gasteiger charge is -2.07. The Bertz CT molecular complexity index is 447. The Morgan fingerprint density at radius 2 is 2.06 bits per heavy atom. The summed E-state index contributed by atoms with van der Waals surface area (Å²) < 4.78 is 1.35. The zero-order chi connectivity index (χ0) is 11.4. The molecule has 0 nitrogen and oxygen atoms in total. The Balaban J connectivity index is 2.13. The van der Waals surface area contributed by atoms with E-state index in [0.717, 1.165) is 6.42 Å². The van der Waals surface area contributed by atoms with Crippen LogP contribution in [-0.2, 0) is 0 Å². The topological polar surface area (TPSA) is 0 Å². The third-order valence-electron chi connectivity index (χ3n) is 2.91. The van der Waals surface area contributed by atoms with Gasteiger partial charge in [0.1, 0.15) is 0 Å². The highest BCUT2D eigenvalue weighted by Crippen LogP contribution is 2.35. The maximum Gasteiger partial charge on any atom is 0.0599 e. The predicted molar refractivity (Wildman–Crippen MR) is 74.6 cm³/mol. The fraction of sp³-hybridized carbons (Fsp3) is 0.429. The monoisotopic (exact) mass is 252 g/mol. The number of fused-ring (bicyclic) bond motifs is 1. The minimum atomic E-state index is 0.183. The van der Waals surface area contributed by atoms with Crippen LogP contribution in [0.25, 0.3) is 10.1 Å². The molecular formula is C14H17ClS. The molecule has 1 aromatic carbocycles. The van der Waals surface area contributed by atoms with Crippen molar-refractivity contribution in [3.05, 3.63) is 35.2 Å². The number of halogens is 1. The quantitative estimate of drug-likeness (QED) is 0.469. The fourth-order valence-corrected chi connectivity index (χ4v) is 3.39. The molecule has 0 spiro atoms. The number of alkyl halides is 1. The van der Waals surface area contributed by atoms with Crippen molar-refractivity contribution in [3.8, 4) is 0 Å². The first-order valence-corrected chi connectivity index (χ1v) is 7.24. The lowest BCUT2D eigenvalue weighted by atomic mass is 10.1. The van der Waals surface area contributed by atoms with Crippen LogP contribution in [0.2, 0.25) is 0 Å². The molecule has 1 unspecified atom stereocenters. The van der Waals surface area contributed by atoms with Gasteiger partial charge in [-0.05, 0) is 28.8 Å². The van der Waals surface area contributed by atoms with Crippen LogP contribution in [0.5, 0.6) is 0 Å². The van der Waals surface area contributed by atoms with Crippen LogP contribution in [-0.4, -0.2) is 0 Å². The number of hydrogen-bond donors (Lipinski definition) is 0. The van der Waals surface area contributed by atoms with Crippen molar-refractivity contribution < 1.29 is 0 Å². The first-order chi connectivity index (χ1) is 7.83. The van der Waals surface area contributed by atoms with Gasteiger partial charge in [-0.1, -0.05) is 44.4 Å². The van der Waals surface area contributed by atoms with E-state index in [0.29, 0.717) is 0 Å². The molecule has 0 radical (unpaired) electrons. The Morgan fingerprint density at radius 3 is 2.88 bits per heavy atom. The minimum absolute atomic E-state index is 0.183. The molecular weight excluding hydrogens is 236 g/mol. The smallest absolute Gasteiger partial charge is 0.0599 e. The Hall–Kier alpha value is -0.530. The lowest BCUT2D eigenvalue weighted by molar-refractivity contribution is 0.657. The van der Waals surface area contributed by atoms with Crippen molar-refractivity contribution in [3.63, 3.8) is 0 Å². The van der Waals surface area contributed by atoms with E-state index in [1.165, 1.54) is 34.9 Å². The molecule has 0 saturated carbocycles. The molecule has 1 heterocycles. The van der Waals surface area contributed by atoms with Gasteiger partial charge >= 0.3 is 0 Å². The molecule has 0 saturated heterocycles. The third kappa shape index (κ3) is 2.58. The van der Waals surface area contributed by atoms with Crippen LogP contribution in [0.15, 0.2) is 29.6 Å². The molecule has 2 heteroatoms. The van der Waals surface area contributed by atoms with Gasteiger partial charge in [-0.3, -0.25) is 0 Å². The lowest BCUT2D eigenvalue weighted by Crippen LogP contribution is -1.89. The Morgan fingerprint density at radius 1 is 1.25 bits per heavy atom. The summed E-state index contributed by atoms with van der Waals surface area (Å²) in [6.07, 6.45) is 4.87. The van der Waals surface area contributed by atoms with Crippen LogP contribution in [0.3, 0.4) is 0 Å². The molecule has 0 aliphatic heterocycles. The van der Waals surface area contributed by atoms with Crippen LogP contribution in [0, 0.1) is 0 Å². The molecule has 0 aliphatic rings. The van der Waals surface area contributed by atoms with Gasteiger partial charge < -0.3 is 0 Å². The number of benzene rings is 1. The molecule has 2 rings (SSSR count). The van der Waals surface area contributed by atoms with Gasteiger partial charge in [0.05, 0.1) is 5.38 Å². The first kappa shape index (κ1) is 11.9. The van der Waals surface area contributed by atoms with Gasteiger partial charge in [-0.25, -0.2) is 0 Å². The molecule has 1 atom stereocenters. The highest BCUT2D eigenvalue weighted by atomic mass is 35.5. The molecule has 0 aliphatic carbocycles. The van der Waals surface area contributed by atoms with E-state index in [4.69, 9.17) is 11.6 Å². The van der Waals surface area contributed by atoms with E-state index in [2.05, 4.69) is 36.6 Å². The maximum absolute atomic E-state index is 6.47. The van der Waals surface area contributed by atoms with Crippen molar-refractivity contribution in [2.45, 2.75) is 38.0 Å². The summed E-state index contributed by atoms with van der Waals surface area (Å²) in [5, 5.41) is 3.74. The summed E-state index contributed by atoms with van der Waals surface area (Å²) in [5.74, 6) is 0. The summed E-state index contributed by atoms with van der Waals surface area (Å²) in [5.41, 5.74) is 1.32. The minimum Gasteiger partial charge on any atom is -0.143 e. The van der Waals surface area contributed by atoms with Crippen molar-refractivity contribution >= 4 is 33.0 Å². The summed E-state index contributed by atoms with van der Waals surface area (Å²) in [4.78, 5) is 0. The van der Waals surface area contributed by atoms with Crippen molar-refractivity contribution in [1.82, 2.24) is 0 Å². The normalized spacial score (nSPS) is 13.1. The molecule has 16 heavy (non-hydrogen) atoms. The predicted octanol–water partition coefficient (Wildman–Crippen LogP) is 5.76. The van der Waals surface area contributed by atoms with Crippen LogP contribution in [0.1, 0.15) is 43.5 Å². The van der Waals surface area contributed by atoms with Crippen LogP contribution >= 0.6 is 22.9 Å². The van der Waals surface area contributed by atoms with Gasteiger partial charge in [0.15, 0.2) is 0 Å². The fourth-order valence-electron chi connectivity index (χ4n) is 1.97. The first-order valence-electron chi connectivity index (χ1n) is 5.93. The molecule has 0 N–H and O–H groups in total. The SMILES string of the molecule is CCCCCC(Cl)c1csc2ccccc12. The second-order valence-corrected chi connectivity index (χ2v) is 5.59. The van der Waals surface area contributed by atoms with Crippen LogP contribution < -0.4 is 0 Å². The Kier molecular flexibility index (Phi) is 4.25. The van der Waals surface area contributed by atoms with Gasteiger partial charge in [-0.2, -0.15) is 0 Å². The maximum atomic E-state index is 6.47. The standard InChI is InChI=1S/C14H17ClS/c1-2-3-4-8-13(15)12-10-16-14-9-6-5-7-11(12)14/h5-7,9-10,13H,2-4,8H2,1H3. The van der Waals surface area contributed by atoms with Crippen molar-refractivity contribution in [2.24, 2.45) is 0 Å². The van der Waals surface area contributed by atoms with Gasteiger partial charge in [0.2, 0.25) is 0 Å². The average Bonchev–Trinajstić information content (AvgIpc) is 2.73. The summed E-state index contributed by atoms with van der Waals surface area (Å²) in [6.45, 7) is 2.23. The highest BCUT2D eigenvalue weighted by molar-refractivity contribution is 7.17. The van der Waals surface area contributed by atoms with Gasteiger partial charge in [0, 0.05) is 4.70 Å². The van der Waals surface area contributed by atoms with E-state index in [9.17, 15) is 0 Å². The third-order valence-corrected chi connectivity index (χ3v) is 4.34. The summed E-state index contributed by atoms with van der Waals surface area (Å²) in [6, 6.07) is 8.52. The molecule has 0 amide bonds. The van der Waals surface area contributed by atoms with Crippen molar-refractivity contribution in [2.75, 3.05) is 0 Å². The number of unbranched alkanes of at least 4 members (excludes halogenated alkanes) is 2. The second-order valence-electron chi connectivity index (χ2n) is 4.15. The number of hydrogen-bond acceptors (Lipinski definition) is 1. The zero-order valence-electron chi connectivity index (χ0n) is 9.58. The largest absolute Gasteiger partial charge is 0.143 e. The number of rotatable bonds is 5. The summed E-state index contributed by atoms with van der Waals surface area (Å²) in [7, 11) is 0. The van der Waals surface area contributed by atoms with Gasteiger partial charge in [0.25, 0.3) is 0 Å². The van der Waals surface area contributed by atoms with Crippen LogP contribution in [0.4, 0.5) is 0 Å². The zero-order valence-corrected chi connectivity index (χ0v) is 11.2. The molecule has 1 aromatic heterocycles. The van der Waals surface area contributed by atoms with Gasteiger partial charge in [-0.15, -0.1) is 22.9 Å². The molecule has 2 aromatic rings. The number of thiophene rings is 1. The van der Waals surface area contributed by atoms with E-state index in [1.54, 1.807) is 11.3 Å². The molecule has 86 valence electrons. The second kappa shape index (κ2) is 5.70. The summed E-state index contributed by atoms with van der Waals surface area (Å²) >= 11 is 8.27. The van der Waals surface area contributed by atoms with Crippen molar-refractivity contribution in [1.29, 1.82) is 0 Å². The van der Waals surface area contributed by atoms with E-state index < -0.39 is 0 Å². The molecule has 0 fully saturated rings. The average molecular weight is 253 g/mol. The Labute approximate surface area is 106 Å².